The van der Waals surface area contributed by atoms with Crippen LogP contribution in [0.2, 0.25) is 0 Å². The van der Waals surface area contributed by atoms with E-state index in [4.69, 9.17) is 0 Å². The third kappa shape index (κ3) is 3.53. The third-order valence-corrected chi connectivity index (χ3v) is 3.26. The number of benzene rings is 1. The van der Waals surface area contributed by atoms with Crippen LogP contribution < -0.4 is 0 Å². The summed E-state index contributed by atoms with van der Waals surface area (Å²) in [4.78, 5) is 0. The zero-order valence-corrected chi connectivity index (χ0v) is 11.8. The van der Waals surface area contributed by atoms with Gasteiger partial charge in [-0.25, -0.2) is 0 Å². The zero-order valence-electron chi connectivity index (χ0n) is 11.0. The van der Waals surface area contributed by atoms with Gasteiger partial charge >= 0.3 is 0 Å². The summed E-state index contributed by atoms with van der Waals surface area (Å²) in [5, 5.41) is 10.1. The molecule has 0 aliphatic carbocycles. The van der Waals surface area contributed by atoms with Gasteiger partial charge in [0.1, 0.15) is 5.75 Å². The first-order valence-corrected chi connectivity index (χ1v) is 6.60. The van der Waals surface area contributed by atoms with Gasteiger partial charge < -0.3 is 5.11 Å². The summed E-state index contributed by atoms with van der Waals surface area (Å²) in [7, 11) is 0. The molecule has 0 aliphatic rings. The number of allylic oxidation sites excluding steroid dienone is 1. The van der Waals surface area contributed by atoms with Crippen LogP contribution in [0.25, 0.3) is 0 Å². The second-order valence-electron chi connectivity index (χ2n) is 5.38. The standard InChI is InChI=1S/C15H22OS/c1-5-6-7-11-8-13(15(2,3)4)9-12(10-17)14(11)16/h5,8-9,16-17H,1,6-7,10H2,2-4H3. The lowest BCUT2D eigenvalue weighted by atomic mass is 9.84. The number of aromatic hydroxyl groups is 1. The van der Waals surface area contributed by atoms with Gasteiger partial charge in [0.2, 0.25) is 0 Å². The van der Waals surface area contributed by atoms with E-state index in [1.807, 2.05) is 6.08 Å². The van der Waals surface area contributed by atoms with Crippen LogP contribution >= 0.6 is 12.6 Å². The van der Waals surface area contributed by atoms with Crippen molar-refractivity contribution in [2.75, 3.05) is 0 Å². The minimum Gasteiger partial charge on any atom is -0.507 e. The largest absolute Gasteiger partial charge is 0.507 e. The number of hydrogen-bond donors (Lipinski definition) is 2. The topological polar surface area (TPSA) is 20.2 Å². The zero-order chi connectivity index (χ0) is 13.1. The molecule has 94 valence electrons. The summed E-state index contributed by atoms with van der Waals surface area (Å²) in [6.45, 7) is 10.3. The predicted molar refractivity (Wildman–Crippen MR) is 78.0 cm³/mol. The molecule has 1 aromatic carbocycles. The second kappa shape index (κ2) is 5.63. The molecule has 0 saturated carbocycles. The molecular formula is C15H22OS. The summed E-state index contributed by atoms with van der Waals surface area (Å²) >= 11 is 4.28. The predicted octanol–water partition coefficient (Wildman–Crippen LogP) is 4.24. The lowest BCUT2D eigenvalue weighted by Gasteiger charge is -2.22. The highest BCUT2D eigenvalue weighted by Gasteiger charge is 2.17. The smallest absolute Gasteiger partial charge is 0.122 e. The van der Waals surface area contributed by atoms with E-state index in [-0.39, 0.29) is 5.41 Å². The summed E-state index contributed by atoms with van der Waals surface area (Å²) in [6, 6.07) is 4.16. The molecule has 0 amide bonds. The molecule has 0 saturated heterocycles. The van der Waals surface area contributed by atoms with E-state index < -0.39 is 0 Å². The van der Waals surface area contributed by atoms with Crippen LogP contribution in [0.15, 0.2) is 24.8 Å². The van der Waals surface area contributed by atoms with Crippen molar-refractivity contribution in [1.29, 1.82) is 0 Å². The maximum atomic E-state index is 10.1. The first kappa shape index (κ1) is 14.2. The molecule has 1 N–H and O–H groups in total. The van der Waals surface area contributed by atoms with Gasteiger partial charge in [-0.05, 0) is 29.4 Å². The molecule has 0 fully saturated rings. The maximum Gasteiger partial charge on any atom is 0.122 e. The highest BCUT2D eigenvalue weighted by atomic mass is 32.1. The summed E-state index contributed by atoms with van der Waals surface area (Å²) < 4.78 is 0. The van der Waals surface area contributed by atoms with Crippen molar-refractivity contribution in [2.45, 2.75) is 44.8 Å². The molecule has 1 aromatic rings. The molecule has 0 bridgehead atoms. The van der Waals surface area contributed by atoms with Gasteiger partial charge in [-0.1, -0.05) is 39.0 Å². The molecule has 0 aromatic heterocycles. The SMILES string of the molecule is C=CCCc1cc(C(C)(C)C)cc(CS)c1O. The maximum absolute atomic E-state index is 10.1. The van der Waals surface area contributed by atoms with E-state index in [1.54, 1.807) is 0 Å². The Balaban J connectivity index is 3.23. The molecule has 0 unspecified atom stereocenters. The molecule has 0 spiro atoms. The Labute approximate surface area is 110 Å². The molecule has 2 heteroatoms. The Kier molecular flexibility index (Phi) is 4.70. The Morgan fingerprint density at radius 2 is 1.88 bits per heavy atom. The van der Waals surface area contributed by atoms with Gasteiger partial charge in [-0.15, -0.1) is 6.58 Å². The monoisotopic (exact) mass is 250 g/mol. The molecule has 0 atom stereocenters. The van der Waals surface area contributed by atoms with Crippen LogP contribution in [0.5, 0.6) is 5.75 Å². The lowest BCUT2D eigenvalue weighted by Crippen LogP contribution is -2.12. The van der Waals surface area contributed by atoms with Gasteiger partial charge in [0.25, 0.3) is 0 Å². The number of phenols is 1. The highest BCUT2D eigenvalue weighted by Crippen LogP contribution is 2.32. The van der Waals surface area contributed by atoms with Crippen LogP contribution in [0.4, 0.5) is 0 Å². The summed E-state index contributed by atoms with van der Waals surface area (Å²) in [5.74, 6) is 0.964. The molecule has 0 heterocycles. The van der Waals surface area contributed by atoms with Crippen molar-refractivity contribution >= 4 is 12.6 Å². The third-order valence-electron chi connectivity index (χ3n) is 2.92. The van der Waals surface area contributed by atoms with Gasteiger partial charge in [-0.2, -0.15) is 12.6 Å². The van der Waals surface area contributed by atoms with Crippen LogP contribution in [0.3, 0.4) is 0 Å². The fourth-order valence-corrected chi connectivity index (χ4v) is 2.00. The summed E-state index contributed by atoms with van der Waals surface area (Å²) in [6.07, 6.45) is 3.59. The minimum atomic E-state index is 0.0916. The number of rotatable bonds is 4. The van der Waals surface area contributed by atoms with E-state index in [0.29, 0.717) is 11.5 Å². The van der Waals surface area contributed by atoms with E-state index >= 15 is 0 Å². The van der Waals surface area contributed by atoms with Crippen LogP contribution in [0.1, 0.15) is 43.9 Å². The molecule has 1 rings (SSSR count). The average molecular weight is 250 g/mol. The lowest BCUT2D eigenvalue weighted by molar-refractivity contribution is 0.461. The van der Waals surface area contributed by atoms with E-state index in [2.05, 4.69) is 52.1 Å². The number of aryl methyl sites for hydroxylation is 1. The fraction of sp³-hybridized carbons (Fsp3) is 0.467. The quantitative estimate of drug-likeness (QED) is 0.605. The van der Waals surface area contributed by atoms with Crippen LogP contribution in [0, 0.1) is 0 Å². The number of thiol groups is 1. The molecule has 1 nitrogen and oxygen atoms in total. The minimum absolute atomic E-state index is 0.0916. The summed E-state index contributed by atoms with van der Waals surface area (Å²) in [5.41, 5.74) is 3.26. The Morgan fingerprint density at radius 1 is 1.29 bits per heavy atom. The molecule has 0 radical (unpaired) electrons. The Morgan fingerprint density at radius 3 is 2.35 bits per heavy atom. The second-order valence-corrected chi connectivity index (χ2v) is 5.69. The van der Waals surface area contributed by atoms with Gasteiger partial charge in [0.15, 0.2) is 0 Å². The van der Waals surface area contributed by atoms with E-state index in [0.717, 1.165) is 24.0 Å². The van der Waals surface area contributed by atoms with Gasteiger partial charge in [0, 0.05) is 11.3 Å². The van der Waals surface area contributed by atoms with Gasteiger partial charge in [0.05, 0.1) is 0 Å². The van der Waals surface area contributed by atoms with E-state index in [1.165, 1.54) is 5.56 Å². The Hall–Kier alpha value is -0.890. The normalized spacial score (nSPS) is 11.5. The molecule has 17 heavy (non-hydrogen) atoms. The van der Waals surface area contributed by atoms with Gasteiger partial charge in [-0.3, -0.25) is 0 Å². The highest BCUT2D eigenvalue weighted by molar-refractivity contribution is 7.79. The van der Waals surface area contributed by atoms with Crippen molar-refractivity contribution in [1.82, 2.24) is 0 Å². The first-order chi connectivity index (χ1) is 7.90. The molecular weight excluding hydrogens is 228 g/mol. The van der Waals surface area contributed by atoms with Crippen molar-refractivity contribution in [2.24, 2.45) is 0 Å². The number of phenolic OH excluding ortho intramolecular Hbond substituents is 1. The number of hydrogen-bond acceptors (Lipinski definition) is 2. The van der Waals surface area contributed by atoms with Crippen molar-refractivity contribution < 1.29 is 5.11 Å². The molecule has 0 aliphatic heterocycles. The first-order valence-electron chi connectivity index (χ1n) is 5.97. The van der Waals surface area contributed by atoms with Crippen molar-refractivity contribution in [3.8, 4) is 5.75 Å². The van der Waals surface area contributed by atoms with E-state index in [9.17, 15) is 5.11 Å². The Bertz CT molecular complexity index is 402. The van der Waals surface area contributed by atoms with Crippen LogP contribution in [-0.2, 0) is 17.6 Å². The van der Waals surface area contributed by atoms with Crippen molar-refractivity contribution in [3.05, 3.63) is 41.5 Å². The average Bonchev–Trinajstić information content (AvgIpc) is 2.26. The van der Waals surface area contributed by atoms with Crippen molar-refractivity contribution in [3.63, 3.8) is 0 Å². The van der Waals surface area contributed by atoms with Crippen LogP contribution in [-0.4, -0.2) is 5.11 Å². The fourth-order valence-electron chi connectivity index (χ4n) is 1.76.